The Kier molecular flexibility index (Phi) is 3.15. The first kappa shape index (κ1) is 10.3. The highest BCUT2D eigenvalue weighted by molar-refractivity contribution is 5.31. The lowest BCUT2D eigenvalue weighted by Gasteiger charge is -2.07. The predicted molar refractivity (Wildman–Crippen MR) is 54.9 cm³/mol. The van der Waals surface area contributed by atoms with Crippen LogP contribution in [0.25, 0.3) is 0 Å². The van der Waals surface area contributed by atoms with Gasteiger partial charge in [-0.2, -0.15) is 0 Å². The van der Waals surface area contributed by atoms with Crippen molar-refractivity contribution >= 4 is 0 Å². The Morgan fingerprint density at radius 1 is 1.15 bits per heavy atom. The van der Waals surface area contributed by atoms with Gasteiger partial charge < -0.3 is 9.73 Å². The molecule has 0 bridgehead atoms. The van der Waals surface area contributed by atoms with Gasteiger partial charge in [0.15, 0.2) is 0 Å². The van der Waals surface area contributed by atoms with Gasteiger partial charge in [-0.25, -0.2) is 0 Å². The first-order valence-corrected chi connectivity index (χ1v) is 4.81. The molecule has 0 aliphatic rings. The van der Waals surface area contributed by atoms with Crippen molar-refractivity contribution in [3.05, 3.63) is 22.6 Å². The molecule has 0 saturated heterocycles. The summed E-state index contributed by atoms with van der Waals surface area (Å²) in [4.78, 5) is 0. The molecule has 1 N–H and O–H groups in total. The molecule has 0 fully saturated rings. The normalized spacial score (nSPS) is 11.2. The Balaban J connectivity index is 2.76. The lowest BCUT2D eigenvalue weighted by atomic mass is 10.1. The third-order valence-corrected chi connectivity index (χ3v) is 2.40. The lowest BCUT2D eigenvalue weighted by Crippen LogP contribution is -2.22. The minimum Gasteiger partial charge on any atom is -0.466 e. The zero-order valence-electron chi connectivity index (χ0n) is 9.19. The molecule has 0 aromatic carbocycles. The van der Waals surface area contributed by atoms with Gasteiger partial charge in [-0.3, -0.25) is 0 Å². The van der Waals surface area contributed by atoms with Gasteiger partial charge in [0.2, 0.25) is 0 Å². The molecule has 0 aliphatic carbocycles. The molecule has 0 unspecified atom stereocenters. The average Bonchev–Trinajstić information content (AvgIpc) is 2.24. The van der Waals surface area contributed by atoms with Crippen LogP contribution in [0, 0.1) is 20.8 Å². The van der Waals surface area contributed by atoms with E-state index in [9.17, 15) is 0 Å². The van der Waals surface area contributed by atoms with E-state index in [-0.39, 0.29) is 0 Å². The van der Waals surface area contributed by atoms with E-state index in [2.05, 4.69) is 26.1 Å². The minimum atomic E-state index is 0.522. The molecule has 0 saturated carbocycles. The fraction of sp³-hybridized carbons (Fsp3) is 0.636. The second-order valence-corrected chi connectivity index (χ2v) is 3.85. The summed E-state index contributed by atoms with van der Waals surface area (Å²) in [7, 11) is 0. The Labute approximate surface area is 80.3 Å². The van der Waals surface area contributed by atoms with Gasteiger partial charge >= 0.3 is 0 Å². The maximum atomic E-state index is 5.54. The molecule has 13 heavy (non-hydrogen) atoms. The highest BCUT2D eigenvalue weighted by Gasteiger charge is 2.10. The quantitative estimate of drug-likeness (QED) is 0.775. The summed E-state index contributed by atoms with van der Waals surface area (Å²) in [6.07, 6.45) is 0. The number of furan rings is 1. The molecular formula is C11H19NO. The fourth-order valence-electron chi connectivity index (χ4n) is 1.41. The second-order valence-electron chi connectivity index (χ2n) is 3.85. The summed E-state index contributed by atoms with van der Waals surface area (Å²) in [6, 6.07) is 0.522. The van der Waals surface area contributed by atoms with E-state index in [1.807, 2.05) is 13.8 Å². The van der Waals surface area contributed by atoms with Gasteiger partial charge in [0, 0.05) is 18.2 Å². The molecule has 1 heterocycles. The van der Waals surface area contributed by atoms with Crippen LogP contribution in [0.2, 0.25) is 0 Å². The van der Waals surface area contributed by atoms with Crippen LogP contribution in [-0.4, -0.2) is 6.04 Å². The van der Waals surface area contributed by atoms with Crippen molar-refractivity contribution in [3.8, 4) is 0 Å². The highest BCUT2D eigenvalue weighted by atomic mass is 16.3. The molecular weight excluding hydrogens is 162 g/mol. The van der Waals surface area contributed by atoms with E-state index in [4.69, 9.17) is 4.42 Å². The van der Waals surface area contributed by atoms with Crippen molar-refractivity contribution in [2.75, 3.05) is 0 Å². The molecule has 74 valence electrons. The zero-order valence-corrected chi connectivity index (χ0v) is 9.19. The van der Waals surface area contributed by atoms with Crippen LogP contribution in [0.1, 0.15) is 36.5 Å². The second kappa shape index (κ2) is 3.97. The van der Waals surface area contributed by atoms with E-state index >= 15 is 0 Å². The first-order chi connectivity index (χ1) is 6.02. The number of hydrogen-bond acceptors (Lipinski definition) is 2. The minimum absolute atomic E-state index is 0.522. The summed E-state index contributed by atoms with van der Waals surface area (Å²) in [6.45, 7) is 11.4. The largest absolute Gasteiger partial charge is 0.466 e. The van der Waals surface area contributed by atoms with E-state index < -0.39 is 0 Å². The maximum Gasteiger partial charge on any atom is 0.105 e. The standard InChI is InChI=1S/C11H19NO/c1-7(2)12-6-11-8(3)9(4)13-10(11)5/h7,12H,6H2,1-5H3. The first-order valence-electron chi connectivity index (χ1n) is 4.81. The summed E-state index contributed by atoms with van der Waals surface area (Å²) >= 11 is 0. The number of nitrogens with one attached hydrogen (secondary N) is 1. The monoisotopic (exact) mass is 181 g/mol. The summed E-state index contributed by atoms with van der Waals surface area (Å²) < 4.78 is 5.54. The van der Waals surface area contributed by atoms with Gasteiger partial charge in [0.1, 0.15) is 11.5 Å². The van der Waals surface area contributed by atoms with Crippen LogP contribution in [0.15, 0.2) is 4.42 Å². The molecule has 0 atom stereocenters. The van der Waals surface area contributed by atoms with E-state index in [1.165, 1.54) is 11.1 Å². The average molecular weight is 181 g/mol. The molecule has 2 nitrogen and oxygen atoms in total. The topological polar surface area (TPSA) is 25.2 Å². The molecule has 0 aliphatic heterocycles. The SMILES string of the molecule is Cc1oc(C)c(CNC(C)C)c1C. The molecule has 0 spiro atoms. The van der Waals surface area contributed by atoms with Crippen molar-refractivity contribution < 1.29 is 4.42 Å². The Bertz CT molecular complexity index is 287. The van der Waals surface area contributed by atoms with Gasteiger partial charge in [-0.15, -0.1) is 0 Å². The molecule has 1 aromatic rings. The third-order valence-electron chi connectivity index (χ3n) is 2.40. The van der Waals surface area contributed by atoms with Crippen LogP contribution in [-0.2, 0) is 6.54 Å². The smallest absolute Gasteiger partial charge is 0.105 e. The molecule has 1 aromatic heterocycles. The Morgan fingerprint density at radius 2 is 1.77 bits per heavy atom. The Morgan fingerprint density at radius 3 is 2.15 bits per heavy atom. The van der Waals surface area contributed by atoms with Gasteiger partial charge in [0.25, 0.3) is 0 Å². The summed E-state index contributed by atoms with van der Waals surface area (Å²) in [5.74, 6) is 2.08. The fourth-order valence-corrected chi connectivity index (χ4v) is 1.41. The number of rotatable bonds is 3. The molecule has 2 heteroatoms. The van der Waals surface area contributed by atoms with E-state index in [1.54, 1.807) is 0 Å². The molecule has 0 amide bonds. The van der Waals surface area contributed by atoms with E-state index in [0.717, 1.165) is 18.1 Å². The molecule has 0 radical (unpaired) electrons. The lowest BCUT2D eigenvalue weighted by molar-refractivity contribution is 0.495. The van der Waals surface area contributed by atoms with Crippen molar-refractivity contribution in [1.29, 1.82) is 0 Å². The molecule has 1 rings (SSSR count). The van der Waals surface area contributed by atoms with Crippen LogP contribution in [0.5, 0.6) is 0 Å². The third kappa shape index (κ3) is 2.34. The highest BCUT2D eigenvalue weighted by Crippen LogP contribution is 2.20. The summed E-state index contributed by atoms with van der Waals surface area (Å²) in [5, 5.41) is 3.40. The summed E-state index contributed by atoms with van der Waals surface area (Å²) in [5.41, 5.74) is 2.59. The van der Waals surface area contributed by atoms with Crippen molar-refractivity contribution in [1.82, 2.24) is 5.32 Å². The van der Waals surface area contributed by atoms with Gasteiger partial charge in [-0.05, 0) is 26.3 Å². The van der Waals surface area contributed by atoms with E-state index in [0.29, 0.717) is 6.04 Å². The predicted octanol–water partition coefficient (Wildman–Crippen LogP) is 2.70. The van der Waals surface area contributed by atoms with Crippen molar-refractivity contribution in [2.24, 2.45) is 0 Å². The Hall–Kier alpha value is -0.760. The van der Waals surface area contributed by atoms with Crippen LogP contribution in [0.4, 0.5) is 0 Å². The van der Waals surface area contributed by atoms with Crippen molar-refractivity contribution in [3.63, 3.8) is 0 Å². The van der Waals surface area contributed by atoms with Crippen molar-refractivity contribution in [2.45, 2.75) is 47.2 Å². The van der Waals surface area contributed by atoms with Crippen LogP contribution < -0.4 is 5.32 Å². The zero-order chi connectivity index (χ0) is 10.0. The van der Waals surface area contributed by atoms with Crippen LogP contribution in [0.3, 0.4) is 0 Å². The van der Waals surface area contributed by atoms with Gasteiger partial charge in [-0.1, -0.05) is 13.8 Å². The van der Waals surface area contributed by atoms with Crippen LogP contribution >= 0.6 is 0 Å². The number of aryl methyl sites for hydroxylation is 2. The van der Waals surface area contributed by atoms with Gasteiger partial charge in [0.05, 0.1) is 0 Å². The maximum absolute atomic E-state index is 5.54. The number of hydrogen-bond donors (Lipinski definition) is 1.